The molecule has 3 aromatic carbocycles. The summed E-state index contributed by atoms with van der Waals surface area (Å²) in [6.45, 7) is 2.22. The number of hydrogen-bond donors (Lipinski definition) is 0. The second-order valence-corrected chi connectivity index (χ2v) is 6.35. The number of carbonyl (C=O) groups excluding carboxylic acids is 2. The van der Waals surface area contributed by atoms with Gasteiger partial charge in [-0.15, -0.1) is 0 Å². The smallest absolute Gasteiger partial charge is 0.306 e. The van der Waals surface area contributed by atoms with E-state index in [0.717, 1.165) is 28.9 Å². The van der Waals surface area contributed by atoms with Gasteiger partial charge in [0.1, 0.15) is 6.29 Å². The fourth-order valence-electron chi connectivity index (χ4n) is 3.02. The van der Waals surface area contributed by atoms with Gasteiger partial charge in [0.25, 0.3) is 0 Å². The molecular weight excluding hydrogens is 350 g/mol. The lowest BCUT2D eigenvalue weighted by Gasteiger charge is -2.25. The number of rotatable bonds is 8. The molecule has 0 N–H and O–H groups in total. The summed E-state index contributed by atoms with van der Waals surface area (Å²) in [5.41, 5.74) is 4.73. The molecule has 3 aromatic rings. The Morgan fingerprint density at radius 2 is 1.43 bits per heavy atom. The van der Waals surface area contributed by atoms with E-state index in [1.54, 1.807) is 0 Å². The molecule has 0 aliphatic carbocycles. The molecule has 3 rings (SSSR count). The van der Waals surface area contributed by atoms with Crippen molar-refractivity contribution in [2.75, 3.05) is 11.5 Å². The van der Waals surface area contributed by atoms with Crippen LogP contribution in [-0.4, -0.2) is 18.9 Å². The van der Waals surface area contributed by atoms with Gasteiger partial charge in [-0.05, 0) is 67.4 Å². The highest BCUT2D eigenvalue weighted by molar-refractivity contribution is 5.80. The first-order valence-electron chi connectivity index (χ1n) is 9.36. The molecule has 0 heterocycles. The van der Waals surface area contributed by atoms with Gasteiger partial charge < -0.3 is 9.64 Å². The van der Waals surface area contributed by atoms with E-state index in [0.29, 0.717) is 25.0 Å². The fourth-order valence-corrected chi connectivity index (χ4v) is 3.02. The summed E-state index contributed by atoms with van der Waals surface area (Å²) in [5.74, 6) is -0.173. The summed E-state index contributed by atoms with van der Waals surface area (Å²) in [4.78, 5) is 24.7. The van der Waals surface area contributed by atoms with Gasteiger partial charge in [0.15, 0.2) is 0 Å². The van der Waals surface area contributed by atoms with Crippen molar-refractivity contribution >= 4 is 29.3 Å². The number of ether oxygens (including phenoxy) is 1. The Balaban J connectivity index is 1.86. The Labute approximate surface area is 165 Å². The number of esters is 1. The topological polar surface area (TPSA) is 46.6 Å². The van der Waals surface area contributed by atoms with Gasteiger partial charge in [0.05, 0.1) is 6.61 Å². The third-order valence-electron chi connectivity index (χ3n) is 4.42. The summed E-state index contributed by atoms with van der Waals surface area (Å²) in [6, 6.07) is 25.7. The van der Waals surface area contributed by atoms with Crippen LogP contribution >= 0.6 is 0 Å². The second-order valence-electron chi connectivity index (χ2n) is 6.35. The van der Waals surface area contributed by atoms with E-state index < -0.39 is 0 Å². The Kier molecular flexibility index (Phi) is 6.58. The molecule has 0 bridgehead atoms. The number of nitrogens with zero attached hydrogens (tertiary/aromatic N) is 1. The van der Waals surface area contributed by atoms with Crippen molar-refractivity contribution in [2.24, 2.45) is 0 Å². The van der Waals surface area contributed by atoms with Crippen molar-refractivity contribution < 1.29 is 14.3 Å². The zero-order valence-electron chi connectivity index (χ0n) is 15.9. The van der Waals surface area contributed by atoms with Crippen LogP contribution in [0.2, 0.25) is 0 Å². The average molecular weight is 373 g/mol. The predicted octanol–water partition coefficient (Wildman–Crippen LogP) is 5.46. The third kappa shape index (κ3) is 4.86. The van der Waals surface area contributed by atoms with Crippen LogP contribution < -0.4 is 4.90 Å². The van der Waals surface area contributed by atoms with Gasteiger partial charge in [-0.2, -0.15) is 0 Å². The Bertz CT molecular complexity index is 903. The molecule has 0 saturated heterocycles. The predicted molar refractivity (Wildman–Crippen MR) is 111 cm³/mol. The number of aryl methyl sites for hydroxylation is 1. The lowest BCUT2D eigenvalue weighted by Crippen LogP contribution is -2.10. The van der Waals surface area contributed by atoms with Crippen molar-refractivity contribution in [3.63, 3.8) is 0 Å². The van der Waals surface area contributed by atoms with Crippen molar-refractivity contribution in [3.05, 3.63) is 90.0 Å². The number of carbonyl (C=O) groups is 2. The molecule has 4 heteroatoms. The quantitative estimate of drug-likeness (QED) is 0.388. The molecule has 0 unspecified atom stereocenters. The van der Waals surface area contributed by atoms with E-state index >= 15 is 0 Å². The van der Waals surface area contributed by atoms with Crippen LogP contribution in [0, 0.1) is 0 Å². The summed E-state index contributed by atoms with van der Waals surface area (Å²) < 4.78 is 4.99. The maximum Gasteiger partial charge on any atom is 0.306 e. The molecule has 0 atom stereocenters. The van der Waals surface area contributed by atoms with E-state index in [-0.39, 0.29) is 5.97 Å². The van der Waals surface area contributed by atoms with Gasteiger partial charge in [0, 0.05) is 29.0 Å². The second kappa shape index (κ2) is 9.51. The van der Waals surface area contributed by atoms with Crippen LogP contribution in [0.3, 0.4) is 0 Å². The molecule has 142 valence electrons. The molecule has 0 amide bonds. The van der Waals surface area contributed by atoms with Gasteiger partial charge in [-0.25, -0.2) is 0 Å². The lowest BCUT2D eigenvalue weighted by atomic mass is 10.1. The third-order valence-corrected chi connectivity index (χ3v) is 4.42. The zero-order valence-corrected chi connectivity index (χ0v) is 15.9. The van der Waals surface area contributed by atoms with Crippen molar-refractivity contribution in [1.29, 1.82) is 0 Å². The van der Waals surface area contributed by atoms with Gasteiger partial charge in [-0.1, -0.05) is 30.3 Å². The van der Waals surface area contributed by atoms with Gasteiger partial charge in [-0.3, -0.25) is 9.59 Å². The first-order valence-corrected chi connectivity index (χ1v) is 9.36. The van der Waals surface area contributed by atoms with E-state index in [1.807, 2.05) is 85.8 Å². The van der Waals surface area contributed by atoms with Crippen LogP contribution in [0.1, 0.15) is 29.3 Å². The summed E-state index contributed by atoms with van der Waals surface area (Å²) >= 11 is 0. The van der Waals surface area contributed by atoms with Crippen molar-refractivity contribution in [2.45, 2.75) is 19.8 Å². The molecule has 0 aliphatic heterocycles. The van der Waals surface area contributed by atoms with Gasteiger partial charge >= 0.3 is 5.97 Å². The summed E-state index contributed by atoms with van der Waals surface area (Å²) in [7, 11) is 0. The SMILES string of the molecule is CCOC(=O)CCc1ccc(N(c2ccccc2)c2ccc(C=O)cc2)cc1. The highest BCUT2D eigenvalue weighted by Crippen LogP contribution is 2.34. The lowest BCUT2D eigenvalue weighted by molar-refractivity contribution is -0.143. The van der Waals surface area contributed by atoms with Crippen LogP contribution in [0.5, 0.6) is 0 Å². The molecule has 0 aliphatic rings. The Morgan fingerprint density at radius 1 is 0.857 bits per heavy atom. The largest absolute Gasteiger partial charge is 0.466 e. The number of para-hydroxylation sites is 1. The Hall–Kier alpha value is -3.40. The number of benzene rings is 3. The highest BCUT2D eigenvalue weighted by atomic mass is 16.5. The first kappa shape index (κ1) is 19.4. The van der Waals surface area contributed by atoms with Crippen LogP contribution in [-0.2, 0) is 16.0 Å². The molecule has 4 nitrogen and oxygen atoms in total. The van der Waals surface area contributed by atoms with E-state index in [1.165, 1.54) is 0 Å². The average Bonchev–Trinajstić information content (AvgIpc) is 2.75. The van der Waals surface area contributed by atoms with Crippen molar-refractivity contribution in [1.82, 2.24) is 0 Å². The minimum absolute atomic E-state index is 0.173. The van der Waals surface area contributed by atoms with E-state index in [2.05, 4.69) is 4.90 Å². The fraction of sp³-hybridized carbons (Fsp3) is 0.167. The van der Waals surface area contributed by atoms with Gasteiger partial charge in [0.2, 0.25) is 0 Å². The monoisotopic (exact) mass is 373 g/mol. The molecule has 0 fully saturated rings. The summed E-state index contributed by atoms with van der Waals surface area (Å²) in [6.07, 6.45) is 1.87. The minimum atomic E-state index is -0.173. The maximum absolute atomic E-state index is 11.6. The standard InChI is InChI=1S/C24H23NO3/c1-2-28-24(27)17-12-19-8-13-22(14-9-19)25(21-6-4-3-5-7-21)23-15-10-20(18-26)11-16-23/h3-11,13-16,18H,2,12,17H2,1H3. The van der Waals surface area contributed by atoms with Crippen LogP contribution in [0.4, 0.5) is 17.1 Å². The number of anilines is 3. The van der Waals surface area contributed by atoms with E-state index in [9.17, 15) is 9.59 Å². The van der Waals surface area contributed by atoms with Crippen LogP contribution in [0.15, 0.2) is 78.9 Å². The minimum Gasteiger partial charge on any atom is -0.466 e. The zero-order chi connectivity index (χ0) is 19.8. The normalized spacial score (nSPS) is 10.3. The van der Waals surface area contributed by atoms with E-state index in [4.69, 9.17) is 4.74 Å². The number of aldehydes is 1. The molecule has 28 heavy (non-hydrogen) atoms. The molecule has 0 spiro atoms. The molecule has 0 radical (unpaired) electrons. The van der Waals surface area contributed by atoms with Crippen molar-refractivity contribution in [3.8, 4) is 0 Å². The first-order chi connectivity index (χ1) is 13.7. The Morgan fingerprint density at radius 3 is 2.00 bits per heavy atom. The maximum atomic E-state index is 11.6. The highest BCUT2D eigenvalue weighted by Gasteiger charge is 2.12. The van der Waals surface area contributed by atoms with Crippen LogP contribution in [0.25, 0.3) is 0 Å². The molecule has 0 saturated carbocycles. The number of hydrogen-bond acceptors (Lipinski definition) is 4. The summed E-state index contributed by atoms with van der Waals surface area (Å²) in [5, 5.41) is 0. The molecular formula is C24H23NO3. The molecule has 0 aromatic heterocycles.